The molecule has 1 fully saturated rings. The van der Waals surface area contributed by atoms with Crippen LogP contribution in [0.1, 0.15) is 18.5 Å². The van der Waals surface area contributed by atoms with Crippen molar-refractivity contribution in [1.29, 1.82) is 0 Å². The highest BCUT2D eigenvalue weighted by Gasteiger charge is 2.19. The maximum absolute atomic E-state index is 10.9. The number of nitrogens with zero attached hydrogens (tertiary/aromatic N) is 3. The molecule has 1 saturated heterocycles. The van der Waals surface area contributed by atoms with Crippen LogP contribution in [-0.4, -0.2) is 41.0 Å². The maximum atomic E-state index is 10.9. The first-order valence-corrected chi connectivity index (χ1v) is 8.62. The second kappa shape index (κ2) is 7.16. The summed E-state index contributed by atoms with van der Waals surface area (Å²) in [5, 5.41) is 17.1. The van der Waals surface area contributed by atoms with E-state index in [1.807, 2.05) is 13.1 Å². The Morgan fingerprint density at radius 3 is 3.17 bits per heavy atom. The number of thiazole rings is 1. The number of piperidine rings is 1. The molecule has 7 heteroatoms. The molecule has 1 aliphatic rings. The van der Waals surface area contributed by atoms with Crippen LogP contribution in [0, 0.1) is 10.1 Å². The van der Waals surface area contributed by atoms with E-state index in [1.54, 1.807) is 23.5 Å². The van der Waals surface area contributed by atoms with Crippen LogP contribution in [0.2, 0.25) is 0 Å². The van der Waals surface area contributed by atoms with E-state index in [1.165, 1.54) is 18.9 Å². The Bertz CT molecular complexity index is 688. The zero-order valence-corrected chi connectivity index (χ0v) is 13.9. The summed E-state index contributed by atoms with van der Waals surface area (Å²) in [6.45, 7) is 2.98. The molecule has 1 aromatic carbocycles. The highest BCUT2D eigenvalue weighted by atomic mass is 32.1. The first kappa shape index (κ1) is 16.0. The molecular formula is C16H20N4O2S. The van der Waals surface area contributed by atoms with Crippen molar-refractivity contribution < 1.29 is 4.92 Å². The van der Waals surface area contributed by atoms with Crippen molar-refractivity contribution in [2.45, 2.75) is 25.4 Å². The Morgan fingerprint density at radius 1 is 1.52 bits per heavy atom. The summed E-state index contributed by atoms with van der Waals surface area (Å²) in [5.74, 6) is 0. The van der Waals surface area contributed by atoms with Gasteiger partial charge in [0.1, 0.15) is 5.01 Å². The quantitative estimate of drug-likeness (QED) is 0.673. The Labute approximate surface area is 139 Å². The van der Waals surface area contributed by atoms with E-state index in [0.29, 0.717) is 6.04 Å². The zero-order chi connectivity index (χ0) is 16.2. The van der Waals surface area contributed by atoms with Gasteiger partial charge in [0, 0.05) is 42.2 Å². The summed E-state index contributed by atoms with van der Waals surface area (Å²) in [7, 11) is 2.01. The summed E-state index contributed by atoms with van der Waals surface area (Å²) in [4.78, 5) is 17.6. The number of hydrogen-bond acceptors (Lipinski definition) is 6. The molecule has 0 radical (unpaired) electrons. The molecule has 3 rings (SSSR count). The molecule has 0 aliphatic carbocycles. The fourth-order valence-corrected chi connectivity index (χ4v) is 3.74. The Hall–Kier alpha value is -1.83. The molecule has 0 spiro atoms. The summed E-state index contributed by atoms with van der Waals surface area (Å²) in [6, 6.07) is 7.22. The molecule has 2 heterocycles. The molecule has 23 heavy (non-hydrogen) atoms. The van der Waals surface area contributed by atoms with Crippen molar-refractivity contribution in [2.24, 2.45) is 0 Å². The Balaban J connectivity index is 1.70. The van der Waals surface area contributed by atoms with Gasteiger partial charge in [-0.05, 0) is 26.4 Å². The van der Waals surface area contributed by atoms with Gasteiger partial charge in [-0.3, -0.25) is 15.0 Å². The van der Waals surface area contributed by atoms with Gasteiger partial charge < -0.3 is 5.32 Å². The molecule has 2 aromatic rings. The van der Waals surface area contributed by atoms with Crippen molar-refractivity contribution in [2.75, 3.05) is 20.1 Å². The average Bonchev–Trinajstić information content (AvgIpc) is 3.03. The fraction of sp³-hybridized carbons (Fsp3) is 0.438. The SMILES string of the molecule is CNC1CCCN(Cc2csc(-c3cccc([N+](=O)[O-])c3)n2)C1. The van der Waals surface area contributed by atoms with Crippen LogP contribution in [0.25, 0.3) is 10.6 Å². The number of likely N-dealkylation sites (tertiary alicyclic amines) is 1. The number of nitrogens with one attached hydrogen (secondary N) is 1. The predicted octanol–water partition coefficient (Wildman–Crippen LogP) is 2.90. The predicted molar refractivity (Wildman–Crippen MR) is 91.6 cm³/mol. The topological polar surface area (TPSA) is 71.3 Å². The number of nitro groups is 1. The van der Waals surface area contributed by atoms with E-state index in [9.17, 15) is 10.1 Å². The number of nitro benzene ring substituents is 1. The standard InChI is InChI=1S/C16H20N4O2S/c1-17-13-5-3-7-19(9-13)10-14-11-23-16(18-14)12-4-2-6-15(8-12)20(21)22/h2,4,6,8,11,13,17H,3,5,7,9-10H2,1H3. The van der Waals surface area contributed by atoms with E-state index >= 15 is 0 Å². The van der Waals surface area contributed by atoms with Gasteiger partial charge in [-0.1, -0.05) is 12.1 Å². The lowest BCUT2D eigenvalue weighted by Crippen LogP contribution is -2.43. The van der Waals surface area contributed by atoms with Crippen LogP contribution in [-0.2, 0) is 6.54 Å². The van der Waals surface area contributed by atoms with E-state index in [0.717, 1.165) is 35.9 Å². The highest BCUT2D eigenvalue weighted by Crippen LogP contribution is 2.27. The van der Waals surface area contributed by atoms with Gasteiger partial charge in [-0.2, -0.15) is 0 Å². The van der Waals surface area contributed by atoms with Crippen molar-refractivity contribution in [3.8, 4) is 10.6 Å². The van der Waals surface area contributed by atoms with Gasteiger partial charge in [0.05, 0.1) is 10.6 Å². The second-order valence-electron chi connectivity index (χ2n) is 5.81. The molecule has 6 nitrogen and oxygen atoms in total. The van der Waals surface area contributed by atoms with Gasteiger partial charge in [-0.15, -0.1) is 11.3 Å². The van der Waals surface area contributed by atoms with Crippen LogP contribution in [0.3, 0.4) is 0 Å². The fourth-order valence-electron chi connectivity index (χ4n) is 2.93. The molecule has 0 bridgehead atoms. The molecule has 1 aromatic heterocycles. The molecular weight excluding hydrogens is 312 g/mol. The molecule has 1 N–H and O–H groups in total. The smallest absolute Gasteiger partial charge is 0.270 e. The first-order chi connectivity index (χ1) is 11.2. The first-order valence-electron chi connectivity index (χ1n) is 7.74. The molecule has 122 valence electrons. The van der Waals surface area contributed by atoms with E-state index in [4.69, 9.17) is 0 Å². The van der Waals surface area contributed by atoms with Crippen molar-refractivity contribution in [1.82, 2.24) is 15.2 Å². The van der Waals surface area contributed by atoms with Crippen molar-refractivity contribution in [3.05, 3.63) is 45.5 Å². The number of aromatic nitrogens is 1. The third kappa shape index (κ3) is 3.93. The number of non-ortho nitro benzene ring substituents is 1. The third-order valence-electron chi connectivity index (χ3n) is 4.16. The minimum absolute atomic E-state index is 0.104. The largest absolute Gasteiger partial charge is 0.316 e. The van der Waals surface area contributed by atoms with Gasteiger partial charge in [-0.25, -0.2) is 4.98 Å². The van der Waals surface area contributed by atoms with Crippen molar-refractivity contribution in [3.63, 3.8) is 0 Å². The number of hydrogen-bond donors (Lipinski definition) is 1. The van der Waals surface area contributed by atoms with Gasteiger partial charge >= 0.3 is 0 Å². The maximum Gasteiger partial charge on any atom is 0.270 e. The third-order valence-corrected chi connectivity index (χ3v) is 5.10. The molecule has 0 saturated carbocycles. The lowest BCUT2D eigenvalue weighted by Gasteiger charge is -2.31. The molecule has 1 aliphatic heterocycles. The summed E-state index contributed by atoms with van der Waals surface area (Å²) < 4.78 is 0. The number of rotatable bonds is 5. The van der Waals surface area contributed by atoms with Crippen LogP contribution in [0.15, 0.2) is 29.6 Å². The van der Waals surface area contributed by atoms with Gasteiger partial charge in [0.15, 0.2) is 0 Å². The summed E-state index contributed by atoms with van der Waals surface area (Å²) in [5.41, 5.74) is 1.95. The van der Waals surface area contributed by atoms with Crippen LogP contribution in [0.4, 0.5) is 5.69 Å². The highest BCUT2D eigenvalue weighted by molar-refractivity contribution is 7.13. The summed E-state index contributed by atoms with van der Waals surface area (Å²) >= 11 is 1.54. The van der Waals surface area contributed by atoms with Gasteiger partial charge in [0.25, 0.3) is 5.69 Å². The normalized spacial score (nSPS) is 18.9. The lowest BCUT2D eigenvalue weighted by molar-refractivity contribution is -0.384. The zero-order valence-electron chi connectivity index (χ0n) is 13.1. The van der Waals surface area contributed by atoms with Crippen LogP contribution < -0.4 is 5.32 Å². The van der Waals surface area contributed by atoms with Crippen LogP contribution in [0.5, 0.6) is 0 Å². The minimum Gasteiger partial charge on any atom is -0.316 e. The minimum atomic E-state index is -0.371. The second-order valence-corrected chi connectivity index (χ2v) is 6.67. The monoisotopic (exact) mass is 332 g/mol. The van der Waals surface area contributed by atoms with E-state index in [-0.39, 0.29) is 10.6 Å². The molecule has 1 unspecified atom stereocenters. The lowest BCUT2D eigenvalue weighted by atomic mass is 10.1. The van der Waals surface area contributed by atoms with E-state index in [2.05, 4.69) is 20.6 Å². The molecule has 0 amide bonds. The Kier molecular flexibility index (Phi) is 5.00. The average molecular weight is 332 g/mol. The van der Waals surface area contributed by atoms with Gasteiger partial charge in [0.2, 0.25) is 0 Å². The Morgan fingerprint density at radius 2 is 2.39 bits per heavy atom. The number of benzene rings is 1. The van der Waals surface area contributed by atoms with Crippen LogP contribution >= 0.6 is 11.3 Å². The molecule has 1 atom stereocenters. The number of likely N-dealkylation sites (N-methyl/N-ethyl adjacent to an activating group) is 1. The summed E-state index contributed by atoms with van der Waals surface area (Å²) in [6.07, 6.45) is 2.43. The van der Waals surface area contributed by atoms with E-state index < -0.39 is 0 Å². The van der Waals surface area contributed by atoms with Crippen molar-refractivity contribution >= 4 is 17.0 Å².